The van der Waals surface area contributed by atoms with E-state index in [0.717, 1.165) is 44.8 Å². The van der Waals surface area contributed by atoms with Crippen molar-refractivity contribution in [2.75, 3.05) is 33.7 Å². The average molecular weight is 241 g/mol. The number of hydrogen-bond donors (Lipinski definition) is 3. The maximum Gasteiger partial charge on any atom is 0.223 e. The van der Waals surface area contributed by atoms with Crippen LogP contribution < -0.4 is 16.0 Å². The second-order valence-corrected chi connectivity index (χ2v) is 5.02. The molecule has 0 radical (unpaired) electrons. The molecule has 1 aliphatic rings. The molecule has 0 atom stereocenters. The zero-order valence-electron chi connectivity index (χ0n) is 11.2. The van der Waals surface area contributed by atoms with Crippen LogP contribution in [0.3, 0.4) is 0 Å². The lowest BCUT2D eigenvalue weighted by atomic mass is 9.81. The van der Waals surface area contributed by atoms with Gasteiger partial charge in [-0.05, 0) is 65.2 Å². The van der Waals surface area contributed by atoms with Gasteiger partial charge in [0, 0.05) is 12.5 Å². The molecule has 1 fully saturated rings. The fraction of sp³-hybridized carbons (Fsp3) is 0.923. The van der Waals surface area contributed by atoms with Gasteiger partial charge in [-0.1, -0.05) is 0 Å². The van der Waals surface area contributed by atoms with Gasteiger partial charge in [-0.3, -0.25) is 4.79 Å². The standard InChI is InChI=1S/C13H27N3O/c1-14-8-3-9-16-13(17)12-6-4-11(5-7-12)10-15-2/h11-12,14-15H,3-10H2,1-2H3,(H,16,17). The van der Waals surface area contributed by atoms with Crippen LogP contribution in [0.15, 0.2) is 0 Å². The molecule has 0 bridgehead atoms. The Labute approximate surface area is 105 Å². The molecule has 4 nitrogen and oxygen atoms in total. The summed E-state index contributed by atoms with van der Waals surface area (Å²) in [5.74, 6) is 1.30. The molecule has 0 aromatic carbocycles. The number of carbonyl (C=O) groups excluding carboxylic acids is 1. The Morgan fingerprint density at radius 3 is 2.35 bits per heavy atom. The summed E-state index contributed by atoms with van der Waals surface area (Å²) in [5, 5.41) is 9.34. The Kier molecular flexibility index (Phi) is 7.21. The van der Waals surface area contributed by atoms with Crippen molar-refractivity contribution in [3.8, 4) is 0 Å². The van der Waals surface area contributed by atoms with E-state index < -0.39 is 0 Å². The minimum absolute atomic E-state index is 0.262. The van der Waals surface area contributed by atoms with E-state index in [1.807, 2.05) is 14.1 Å². The highest BCUT2D eigenvalue weighted by atomic mass is 16.1. The van der Waals surface area contributed by atoms with E-state index in [4.69, 9.17) is 0 Å². The van der Waals surface area contributed by atoms with Crippen LogP contribution in [0.25, 0.3) is 0 Å². The highest BCUT2D eigenvalue weighted by Crippen LogP contribution is 2.28. The minimum Gasteiger partial charge on any atom is -0.356 e. The Bertz CT molecular complexity index is 213. The van der Waals surface area contributed by atoms with Crippen LogP contribution in [-0.4, -0.2) is 39.6 Å². The lowest BCUT2D eigenvalue weighted by Gasteiger charge is -2.27. The summed E-state index contributed by atoms with van der Waals surface area (Å²) >= 11 is 0. The molecule has 0 aromatic rings. The number of nitrogens with one attached hydrogen (secondary N) is 3. The maximum absolute atomic E-state index is 11.9. The quantitative estimate of drug-likeness (QED) is 0.576. The molecule has 0 aliphatic heterocycles. The van der Waals surface area contributed by atoms with E-state index in [0.29, 0.717) is 0 Å². The van der Waals surface area contributed by atoms with E-state index in [1.54, 1.807) is 0 Å². The molecule has 3 N–H and O–H groups in total. The van der Waals surface area contributed by atoms with Crippen molar-refractivity contribution < 1.29 is 4.79 Å². The van der Waals surface area contributed by atoms with E-state index >= 15 is 0 Å². The molecule has 0 unspecified atom stereocenters. The van der Waals surface area contributed by atoms with Crippen LogP contribution in [0.5, 0.6) is 0 Å². The molecule has 1 saturated carbocycles. The van der Waals surface area contributed by atoms with Crippen molar-refractivity contribution in [2.45, 2.75) is 32.1 Å². The molecule has 0 saturated heterocycles. The number of hydrogen-bond acceptors (Lipinski definition) is 3. The van der Waals surface area contributed by atoms with E-state index in [1.165, 1.54) is 12.8 Å². The predicted molar refractivity (Wildman–Crippen MR) is 70.9 cm³/mol. The van der Waals surface area contributed by atoms with Crippen molar-refractivity contribution in [2.24, 2.45) is 11.8 Å². The zero-order chi connectivity index (χ0) is 12.5. The summed E-state index contributed by atoms with van der Waals surface area (Å²) in [6.45, 7) is 2.86. The predicted octanol–water partition coefficient (Wildman–Crippen LogP) is 0.738. The van der Waals surface area contributed by atoms with Crippen LogP contribution in [0.4, 0.5) is 0 Å². The lowest BCUT2D eigenvalue weighted by molar-refractivity contribution is -0.126. The van der Waals surface area contributed by atoms with Gasteiger partial charge < -0.3 is 16.0 Å². The van der Waals surface area contributed by atoms with Crippen LogP contribution in [0.2, 0.25) is 0 Å². The third-order valence-electron chi connectivity index (χ3n) is 3.61. The normalized spacial score (nSPS) is 24.6. The average Bonchev–Trinajstić information content (AvgIpc) is 2.36. The van der Waals surface area contributed by atoms with Crippen molar-refractivity contribution in [1.29, 1.82) is 0 Å². The number of rotatable bonds is 7. The summed E-state index contributed by atoms with van der Waals surface area (Å²) in [4.78, 5) is 11.9. The molecule has 17 heavy (non-hydrogen) atoms. The van der Waals surface area contributed by atoms with Crippen molar-refractivity contribution in [3.05, 3.63) is 0 Å². The molecule has 1 amide bonds. The summed E-state index contributed by atoms with van der Waals surface area (Å²) < 4.78 is 0. The minimum atomic E-state index is 0.262. The smallest absolute Gasteiger partial charge is 0.223 e. The first-order valence-corrected chi connectivity index (χ1v) is 6.84. The molecule has 4 heteroatoms. The summed E-state index contributed by atoms with van der Waals surface area (Å²) in [5.41, 5.74) is 0. The summed E-state index contributed by atoms with van der Waals surface area (Å²) in [6.07, 6.45) is 5.51. The molecule has 0 heterocycles. The third kappa shape index (κ3) is 5.50. The highest BCUT2D eigenvalue weighted by Gasteiger charge is 2.25. The fourth-order valence-corrected chi connectivity index (χ4v) is 2.54. The van der Waals surface area contributed by atoms with E-state index in [-0.39, 0.29) is 11.8 Å². The number of amides is 1. The van der Waals surface area contributed by atoms with Crippen molar-refractivity contribution in [1.82, 2.24) is 16.0 Å². The largest absolute Gasteiger partial charge is 0.356 e. The molecule has 1 rings (SSSR count). The van der Waals surface area contributed by atoms with Gasteiger partial charge in [0.05, 0.1) is 0 Å². The Morgan fingerprint density at radius 1 is 1.06 bits per heavy atom. The molecular formula is C13H27N3O. The second kappa shape index (κ2) is 8.48. The van der Waals surface area contributed by atoms with Crippen molar-refractivity contribution in [3.63, 3.8) is 0 Å². The second-order valence-electron chi connectivity index (χ2n) is 5.02. The lowest BCUT2D eigenvalue weighted by Crippen LogP contribution is -2.35. The topological polar surface area (TPSA) is 53.2 Å². The SMILES string of the molecule is CNCCCNC(=O)C1CCC(CNC)CC1. The Balaban J connectivity index is 2.12. The Morgan fingerprint density at radius 2 is 1.76 bits per heavy atom. The molecular weight excluding hydrogens is 214 g/mol. The monoisotopic (exact) mass is 241 g/mol. The van der Waals surface area contributed by atoms with Crippen LogP contribution >= 0.6 is 0 Å². The third-order valence-corrected chi connectivity index (χ3v) is 3.61. The molecule has 1 aliphatic carbocycles. The van der Waals surface area contributed by atoms with Gasteiger partial charge in [0.15, 0.2) is 0 Å². The summed E-state index contributed by atoms with van der Waals surface area (Å²) in [6, 6.07) is 0. The van der Waals surface area contributed by atoms with E-state index in [9.17, 15) is 4.79 Å². The zero-order valence-corrected chi connectivity index (χ0v) is 11.2. The first-order valence-electron chi connectivity index (χ1n) is 6.84. The van der Waals surface area contributed by atoms with Gasteiger partial charge in [-0.15, -0.1) is 0 Å². The fourth-order valence-electron chi connectivity index (χ4n) is 2.54. The molecule has 0 aromatic heterocycles. The van der Waals surface area contributed by atoms with Gasteiger partial charge in [-0.2, -0.15) is 0 Å². The van der Waals surface area contributed by atoms with Gasteiger partial charge in [0.25, 0.3) is 0 Å². The van der Waals surface area contributed by atoms with Gasteiger partial charge in [-0.25, -0.2) is 0 Å². The van der Waals surface area contributed by atoms with E-state index in [2.05, 4.69) is 16.0 Å². The van der Waals surface area contributed by atoms with Crippen molar-refractivity contribution >= 4 is 5.91 Å². The van der Waals surface area contributed by atoms with Crippen LogP contribution in [0, 0.1) is 11.8 Å². The molecule has 0 spiro atoms. The van der Waals surface area contributed by atoms with Gasteiger partial charge in [0.2, 0.25) is 5.91 Å². The van der Waals surface area contributed by atoms with Gasteiger partial charge in [0.1, 0.15) is 0 Å². The first-order chi connectivity index (χ1) is 8.27. The van der Waals surface area contributed by atoms with Crippen LogP contribution in [-0.2, 0) is 4.79 Å². The summed E-state index contributed by atoms with van der Waals surface area (Å²) in [7, 11) is 3.94. The number of carbonyl (C=O) groups is 1. The van der Waals surface area contributed by atoms with Gasteiger partial charge >= 0.3 is 0 Å². The maximum atomic E-state index is 11.9. The van der Waals surface area contributed by atoms with Crippen LogP contribution in [0.1, 0.15) is 32.1 Å². The highest BCUT2D eigenvalue weighted by molar-refractivity contribution is 5.78. The Hall–Kier alpha value is -0.610. The first kappa shape index (κ1) is 14.5. The molecule has 100 valence electrons.